The lowest BCUT2D eigenvalue weighted by Gasteiger charge is -2.02. The van der Waals surface area contributed by atoms with Gasteiger partial charge in [-0.1, -0.05) is 41.7 Å². The number of nitrogens with zero attached hydrogens (tertiary/aromatic N) is 4. The third kappa shape index (κ3) is 3.09. The zero-order valence-corrected chi connectivity index (χ0v) is 13.0. The molecule has 0 aliphatic heterocycles. The van der Waals surface area contributed by atoms with Gasteiger partial charge in [0.2, 0.25) is 5.13 Å². The van der Waals surface area contributed by atoms with Crippen LogP contribution in [0.25, 0.3) is 11.4 Å². The van der Waals surface area contributed by atoms with E-state index < -0.39 is 0 Å². The number of benzene rings is 1. The van der Waals surface area contributed by atoms with Crippen LogP contribution in [0, 0.1) is 0 Å². The SMILES string of the molecule is O=C(Nc1nnc(C2CC2)s1)c1cnc(-c2ccccc2)nc1. The van der Waals surface area contributed by atoms with Gasteiger partial charge in [0.25, 0.3) is 5.91 Å². The van der Waals surface area contributed by atoms with Gasteiger partial charge in [0.15, 0.2) is 5.82 Å². The Labute approximate surface area is 136 Å². The molecule has 1 amide bonds. The summed E-state index contributed by atoms with van der Waals surface area (Å²) >= 11 is 1.43. The Balaban J connectivity index is 1.47. The standard InChI is InChI=1S/C16H13N5OS/c22-14(19-16-21-20-15(23-16)11-6-7-11)12-8-17-13(18-9-12)10-4-2-1-3-5-10/h1-5,8-9,11H,6-7H2,(H,19,21,22). The molecule has 1 saturated carbocycles. The minimum Gasteiger partial charge on any atom is -0.296 e. The van der Waals surface area contributed by atoms with Crippen LogP contribution in [0.3, 0.4) is 0 Å². The van der Waals surface area contributed by atoms with E-state index in [0.29, 0.717) is 22.4 Å². The monoisotopic (exact) mass is 323 g/mol. The first-order valence-electron chi connectivity index (χ1n) is 7.32. The lowest BCUT2D eigenvalue weighted by molar-refractivity contribution is 0.102. The molecule has 1 N–H and O–H groups in total. The molecule has 3 aromatic rings. The summed E-state index contributed by atoms with van der Waals surface area (Å²) in [6.45, 7) is 0. The fraction of sp³-hybridized carbons (Fsp3) is 0.188. The Morgan fingerprint density at radius 2 is 1.83 bits per heavy atom. The maximum atomic E-state index is 12.2. The van der Waals surface area contributed by atoms with E-state index in [9.17, 15) is 4.79 Å². The number of hydrogen-bond donors (Lipinski definition) is 1. The maximum absolute atomic E-state index is 12.2. The zero-order chi connectivity index (χ0) is 15.6. The lowest BCUT2D eigenvalue weighted by atomic mass is 10.2. The molecular formula is C16H13N5OS. The highest BCUT2D eigenvalue weighted by atomic mass is 32.1. The van der Waals surface area contributed by atoms with Crippen LogP contribution in [-0.4, -0.2) is 26.1 Å². The van der Waals surface area contributed by atoms with Gasteiger partial charge in [0.05, 0.1) is 5.56 Å². The summed E-state index contributed by atoms with van der Waals surface area (Å²) in [6.07, 6.45) is 5.37. The molecule has 0 saturated heterocycles. The van der Waals surface area contributed by atoms with Gasteiger partial charge in [0.1, 0.15) is 5.01 Å². The number of anilines is 1. The number of carbonyl (C=O) groups is 1. The highest BCUT2D eigenvalue weighted by Crippen LogP contribution is 2.42. The van der Waals surface area contributed by atoms with Crippen molar-refractivity contribution in [1.29, 1.82) is 0 Å². The van der Waals surface area contributed by atoms with Crippen LogP contribution in [0.5, 0.6) is 0 Å². The third-order valence-electron chi connectivity index (χ3n) is 3.53. The average molecular weight is 323 g/mol. The molecule has 2 aromatic heterocycles. The first kappa shape index (κ1) is 14.0. The minimum absolute atomic E-state index is 0.275. The van der Waals surface area contributed by atoms with Crippen molar-refractivity contribution < 1.29 is 4.79 Å². The molecule has 1 aliphatic carbocycles. The molecule has 0 atom stereocenters. The molecule has 6 nitrogen and oxygen atoms in total. The molecule has 1 aromatic carbocycles. The Bertz CT molecular complexity index is 827. The van der Waals surface area contributed by atoms with Gasteiger partial charge in [-0.3, -0.25) is 10.1 Å². The van der Waals surface area contributed by atoms with Gasteiger partial charge in [0, 0.05) is 23.9 Å². The molecule has 114 valence electrons. The summed E-state index contributed by atoms with van der Waals surface area (Å²) in [6, 6.07) is 9.63. The molecule has 23 heavy (non-hydrogen) atoms. The van der Waals surface area contributed by atoms with Gasteiger partial charge in [-0.05, 0) is 12.8 Å². The average Bonchev–Trinajstić information content (AvgIpc) is 3.36. The second-order valence-corrected chi connectivity index (χ2v) is 6.34. The predicted molar refractivity (Wildman–Crippen MR) is 87.3 cm³/mol. The van der Waals surface area contributed by atoms with Crippen molar-refractivity contribution in [3.05, 3.63) is 53.3 Å². The van der Waals surface area contributed by atoms with Gasteiger partial charge in [-0.15, -0.1) is 10.2 Å². The van der Waals surface area contributed by atoms with Gasteiger partial charge in [-0.25, -0.2) is 9.97 Å². The molecule has 0 spiro atoms. The van der Waals surface area contributed by atoms with Crippen LogP contribution >= 0.6 is 11.3 Å². The van der Waals surface area contributed by atoms with E-state index in [1.807, 2.05) is 30.3 Å². The van der Waals surface area contributed by atoms with Crippen molar-refractivity contribution in [2.24, 2.45) is 0 Å². The minimum atomic E-state index is -0.275. The molecule has 0 unspecified atom stereocenters. The van der Waals surface area contributed by atoms with Crippen molar-refractivity contribution >= 4 is 22.4 Å². The number of rotatable bonds is 4. The number of aromatic nitrogens is 4. The van der Waals surface area contributed by atoms with E-state index in [0.717, 1.165) is 23.4 Å². The summed E-state index contributed by atoms with van der Waals surface area (Å²) in [5.41, 5.74) is 1.31. The number of amides is 1. The summed E-state index contributed by atoms with van der Waals surface area (Å²) in [5, 5.41) is 12.4. The molecule has 1 fully saturated rings. The number of carbonyl (C=O) groups excluding carboxylic acids is 1. The van der Waals surface area contributed by atoms with Gasteiger partial charge >= 0.3 is 0 Å². The summed E-state index contributed by atoms with van der Waals surface area (Å²) in [4.78, 5) is 20.7. The molecule has 0 bridgehead atoms. The van der Waals surface area contributed by atoms with Crippen molar-refractivity contribution in [2.45, 2.75) is 18.8 Å². The van der Waals surface area contributed by atoms with Crippen LogP contribution in [0.4, 0.5) is 5.13 Å². The maximum Gasteiger partial charge on any atom is 0.260 e. The summed E-state index contributed by atoms with van der Waals surface area (Å²) in [5.74, 6) is 0.851. The first-order valence-corrected chi connectivity index (χ1v) is 8.13. The van der Waals surface area contributed by atoms with Gasteiger partial charge in [-0.2, -0.15) is 0 Å². The number of nitrogens with one attached hydrogen (secondary N) is 1. The molecule has 0 radical (unpaired) electrons. The van der Waals surface area contributed by atoms with Crippen molar-refractivity contribution in [2.75, 3.05) is 5.32 Å². The van der Waals surface area contributed by atoms with Crippen LogP contribution in [0.2, 0.25) is 0 Å². The first-order chi connectivity index (χ1) is 11.3. The van der Waals surface area contributed by atoms with E-state index in [4.69, 9.17) is 0 Å². The van der Waals surface area contributed by atoms with E-state index in [1.165, 1.54) is 23.7 Å². The smallest absolute Gasteiger partial charge is 0.260 e. The van der Waals surface area contributed by atoms with Crippen molar-refractivity contribution in [3.8, 4) is 11.4 Å². The van der Waals surface area contributed by atoms with Crippen LogP contribution in [0.1, 0.15) is 34.1 Å². The molecule has 1 aliphatic rings. The second kappa shape index (κ2) is 5.85. The molecule has 2 heterocycles. The van der Waals surface area contributed by atoms with Crippen LogP contribution in [-0.2, 0) is 0 Å². The van der Waals surface area contributed by atoms with Crippen LogP contribution in [0.15, 0.2) is 42.7 Å². The highest BCUT2D eigenvalue weighted by molar-refractivity contribution is 7.15. The fourth-order valence-corrected chi connectivity index (χ4v) is 3.04. The largest absolute Gasteiger partial charge is 0.296 e. The van der Waals surface area contributed by atoms with Crippen molar-refractivity contribution in [3.63, 3.8) is 0 Å². The van der Waals surface area contributed by atoms with E-state index in [1.54, 1.807) is 0 Å². The Morgan fingerprint density at radius 3 is 2.52 bits per heavy atom. The second-order valence-electron chi connectivity index (χ2n) is 5.34. The molecular weight excluding hydrogens is 310 g/mol. The van der Waals surface area contributed by atoms with E-state index >= 15 is 0 Å². The fourth-order valence-electron chi connectivity index (χ4n) is 2.13. The van der Waals surface area contributed by atoms with E-state index in [-0.39, 0.29) is 5.91 Å². The zero-order valence-electron chi connectivity index (χ0n) is 12.1. The third-order valence-corrected chi connectivity index (χ3v) is 4.53. The number of hydrogen-bond acceptors (Lipinski definition) is 6. The Morgan fingerprint density at radius 1 is 1.09 bits per heavy atom. The van der Waals surface area contributed by atoms with Crippen LogP contribution < -0.4 is 5.32 Å². The summed E-state index contributed by atoms with van der Waals surface area (Å²) in [7, 11) is 0. The Kier molecular flexibility index (Phi) is 3.55. The topological polar surface area (TPSA) is 80.7 Å². The quantitative estimate of drug-likeness (QED) is 0.798. The molecule has 4 rings (SSSR count). The predicted octanol–water partition coefficient (Wildman–Crippen LogP) is 3.12. The van der Waals surface area contributed by atoms with Gasteiger partial charge < -0.3 is 0 Å². The van der Waals surface area contributed by atoms with E-state index in [2.05, 4.69) is 25.5 Å². The van der Waals surface area contributed by atoms with Crippen molar-refractivity contribution in [1.82, 2.24) is 20.2 Å². The lowest BCUT2D eigenvalue weighted by Crippen LogP contribution is -2.12. The Hall–Kier alpha value is -2.67. The molecule has 7 heteroatoms. The summed E-state index contributed by atoms with van der Waals surface area (Å²) < 4.78 is 0. The normalized spacial score (nSPS) is 13.7. The highest BCUT2D eigenvalue weighted by Gasteiger charge is 2.27.